The van der Waals surface area contributed by atoms with Gasteiger partial charge in [-0.1, -0.05) is 68.4 Å². The number of nitrogens with zero attached hydrogens (tertiary/aromatic N) is 3. The molecule has 1 spiro atoms. The Morgan fingerprint density at radius 3 is 2.37 bits per heavy atom. The molecular weight excluding hydrogens is 437 g/mol. The summed E-state index contributed by atoms with van der Waals surface area (Å²) in [7, 11) is 0. The second-order valence-electron chi connectivity index (χ2n) is 9.95. The predicted molar refractivity (Wildman–Crippen MR) is 140 cm³/mol. The first-order valence-electron chi connectivity index (χ1n) is 12.5. The van der Waals surface area contributed by atoms with Crippen molar-refractivity contribution in [3.63, 3.8) is 0 Å². The predicted octanol–water partition coefficient (Wildman–Crippen LogP) is 6.49. The standard InChI is InChI=1S/C30H32FN3O/c1-22(2)26-13-6-7-14-27(26)32-28-20-29(35)34(25-12-8-11-24(31)19-25)30(28)15-17-33(18-16-30)21-23-9-4-3-5-10-23/h3-14,19,22H,15-18,20-21H2,1-2H3. The van der Waals surface area contributed by atoms with Gasteiger partial charge in [-0.05, 0) is 54.2 Å². The van der Waals surface area contributed by atoms with Gasteiger partial charge in [0.1, 0.15) is 5.82 Å². The van der Waals surface area contributed by atoms with Crippen LogP contribution in [-0.4, -0.2) is 35.1 Å². The van der Waals surface area contributed by atoms with E-state index in [1.165, 1.54) is 23.3 Å². The Labute approximate surface area is 207 Å². The maximum Gasteiger partial charge on any atom is 0.233 e. The van der Waals surface area contributed by atoms with Crippen LogP contribution in [0, 0.1) is 5.82 Å². The van der Waals surface area contributed by atoms with Crippen LogP contribution in [0.2, 0.25) is 0 Å². The molecule has 0 bridgehead atoms. The first kappa shape index (κ1) is 23.4. The van der Waals surface area contributed by atoms with E-state index in [4.69, 9.17) is 4.99 Å². The van der Waals surface area contributed by atoms with Gasteiger partial charge in [-0.3, -0.25) is 14.7 Å². The van der Waals surface area contributed by atoms with Gasteiger partial charge in [0.15, 0.2) is 0 Å². The van der Waals surface area contributed by atoms with Crippen LogP contribution in [0.4, 0.5) is 15.8 Å². The van der Waals surface area contributed by atoms with Gasteiger partial charge in [-0.15, -0.1) is 0 Å². The van der Waals surface area contributed by atoms with E-state index < -0.39 is 5.54 Å². The van der Waals surface area contributed by atoms with Crippen LogP contribution in [0.15, 0.2) is 83.9 Å². The molecule has 2 aliphatic rings. The molecule has 5 heteroatoms. The fourth-order valence-electron chi connectivity index (χ4n) is 5.56. The maximum atomic E-state index is 14.2. The van der Waals surface area contributed by atoms with E-state index >= 15 is 0 Å². The van der Waals surface area contributed by atoms with Crippen LogP contribution in [-0.2, 0) is 11.3 Å². The van der Waals surface area contributed by atoms with Gasteiger partial charge < -0.3 is 4.90 Å². The number of carbonyl (C=O) groups excluding carboxylic acids is 1. The zero-order valence-corrected chi connectivity index (χ0v) is 20.5. The molecule has 0 radical (unpaired) electrons. The summed E-state index contributed by atoms with van der Waals surface area (Å²) in [4.78, 5) is 22.9. The average Bonchev–Trinajstić information content (AvgIpc) is 3.11. The molecule has 4 nitrogen and oxygen atoms in total. The minimum atomic E-state index is -0.540. The van der Waals surface area contributed by atoms with Crippen molar-refractivity contribution in [2.24, 2.45) is 4.99 Å². The number of carbonyl (C=O) groups is 1. The van der Waals surface area contributed by atoms with E-state index in [0.29, 0.717) is 11.6 Å². The van der Waals surface area contributed by atoms with Gasteiger partial charge >= 0.3 is 0 Å². The molecule has 180 valence electrons. The summed E-state index contributed by atoms with van der Waals surface area (Å²) in [5, 5.41) is 0. The fourth-order valence-corrected chi connectivity index (χ4v) is 5.56. The first-order chi connectivity index (χ1) is 17.0. The van der Waals surface area contributed by atoms with Gasteiger partial charge in [0.25, 0.3) is 0 Å². The van der Waals surface area contributed by atoms with Gasteiger partial charge in [0.05, 0.1) is 23.4 Å². The van der Waals surface area contributed by atoms with Crippen molar-refractivity contribution in [2.75, 3.05) is 18.0 Å². The van der Waals surface area contributed by atoms with E-state index in [1.807, 2.05) is 35.2 Å². The zero-order valence-electron chi connectivity index (χ0n) is 20.5. The molecule has 0 atom stereocenters. The monoisotopic (exact) mass is 469 g/mol. The largest absolute Gasteiger partial charge is 0.300 e. The molecule has 35 heavy (non-hydrogen) atoms. The van der Waals surface area contributed by atoms with Gasteiger partial charge in [-0.25, -0.2) is 4.39 Å². The second kappa shape index (κ2) is 9.74. The number of benzene rings is 3. The number of hydrogen-bond donors (Lipinski definition) is 0. The highest BCUT2D eigenvalue weighted by Gasteiger charge is 2.52. The van der Waals surface area contributed by atoms with Crippen LogP contribution in [0.3, 0.4) is 0 Å². The van der Waals surface area contributed by atoms with Crippen LogP contribution in [0.25, 0.3) is 0 Å². The van der Waals surface area contributed by atoms with Gasteiger partial charge in [0, 0.05) is 25.3 Å². The lowest BCUT2D eigenvalue weighted by Gasteiger charge is -2.45. The van der Waals surface area contributed by atoms with Crippen LogP contribution in [0.5, 0.6) is 0 Å². The lowest BCUT2D eigenvalue weighted by atomic mass is 9.82. The van der Waals surface area contributed by atoms with E-state index in [1.54, 1.807) is 6.07 Å². The van der Waals surface area contributed by atoms with E-state index in [0.717, 1.165) is 43.9 Å². The molecule has 3 aromatic carbocycles. The second-order valence-corrected chi connectivity index (χ2v) is 9.95. The molecule has 0 N–H and O–H groups in total. The molecule has 3 aromatic rings. The lowest BCUT2D eigenvalue weighted by molar-refractivity contribution is -0.117. The number of rotatable bonds is 5. The SMILES string of the molecule is CC(C)c1ccccc1N=C1CC(=O)N(c2cccc(F)c2)C12CCN(Cc1ccccc1)CC2. The number of anilines is 1. The van der Waals surface area contributed by atoms with Crippen LogP contribution >= 0.6 is 0 Å². The number of piperidine rings is 1. The van der Waals surface area contributed by atoms with E-state index in [2.05, 4.69) is 49.1 Å². The van der Waals surface area contributed by atoms with Crippen LogP contribution in [0.1, 0.15) is 50.2 Å². The Morgan fingerprint density at radius 1 is 0.943 bits per heavy atom. The summed E-state index contributed by atoms with van der Waals surface area (Å²) in [6, 6.07) is 25.1. The smallest absolute Gasteiger partial charge is 0.233 e. The fraction of sp³-hybridized carbons (Fsp3) is 0.333. The number of likely N-dealkylation sites (tertiary alicyclic amines) is 1. The third kappa shape index (κ3) is 4.65. The van der Waals surface area contributed by atoms with Crippen molar-refractivity contribution in [1.82, 2.24) is 4.90 Å². The average molecular weight is 470 g/mol. The summed E-state index contributed by atoms with van der Waals surface area (Å²) in [6.45, 7) is 6.90. The minimum Gasteiger partial charge on any atom is -0.300 e. The quantitative estimate of drug-likeness (QED) is 0.428. The summed E-state index contributed by atoms with van der Waals surface area (Å²) in [6.07, 6.45) is 1.80. The molecule has 0 aliphatic carbocycles. The topological polar surface area (TPSA) is 35.9 Å². The number of halogens is 1. The molecule has 2 saturated heterocycles. The molecule has 0 saturated carbocycles. The number of amides is 1. The Morgan fingerprint density at radius 2 is 1.66 bits per heavy atom. The van der Waals surface area contributed by atoms with Crippen molar-refractivity contribution in [3.8, 4) is 0 Å². The highest BCUT2D eigenvalue weighted by molar-refractivity contribution is 6.22. The Hall–Kier alpha value is -3.31. The molecule has 1 amide bonds. The maximum absolute atomic E-state index is 14.2. The lowest BCUT2D eigenvalue weighted by Crippen LogP contribution is -2.56. The molecule has 5 rings (SSSR count). The minimum absolute atomic E-state index is 0.00659. The van der Waals surface area contributed by atoms with Crippen molar-refractivity contribution in [3.05, 3.63) is 95.8 Å². The van der Waals surface area contributed by atoms with E-state index in [9.17, 15) is 9.18 Å². The summed E-state index contributed by atoms with van der Waals surface area (Å²) >= 11 is 0. The number of para-hydroxylation sites is 1. The molecule has 0 unspecified atom stereocenters. The van der Waals surface area contributed by atoms with Crippen LogP contribution < -0.4 is 4.90 Å². The van der Waals surface area contributed by atoms with Crippen molar-refractivity contribution in [2.45, 2.75) is 51.1 Å². The Balaban J connectivity index is 1.52. The molecule has 2 aliphatic heterocycles. The van der Waals surface area contributed by atoms with Crippen molar-refractivity contribution >= 4 is 23.0 Å². The van der Waals surface area contributed by atoms with Gasteiger partial charge in [0.2, 0.25) is 5.91 Å². The summed E-state index contributed by atoms with van der Waals surface area (Å²) in [5.74, 6) is -0.00830. The summed E-state index contributed by atoms with van der Waals surface area (Å²) in [5.41, 5.74) is 4.37. The van der Waals surface area contributed by atoms with Crippen molar-refractivity contribution < 1.29 is 9.18 Å². The molecular formula is C30H32FN3O. The molecule has 2 fully saturated rings. The first-order valence-corrected chi connectivity index (χ1v) is 12.5. The van der Waals surface area contributed by atoms with Gasteiger partial charge in [-0.2, -0.15) is 0 Å². The summed E-state index contributed by atoms with van der Waals surface area (Å²) < 4.78 is 14.2. The Kier molecular flexibility index (Phi) is 6.52. The normalized spacial score (nSPS) is 19.3. The highest BCUT2D eigenvalue weighted by Crippen LogP contribution is 2.42. The van der Waals surface area contributed by atoms with E-state index in [-0.39, 0.29) is 18.1 Å². The molecule has 0 aromatic heterocycles. The Bertz CT molecular complexity index is 1230. The number of hydrogen-bond acceptors (Lipinski definition) is 3. The third-order valence-electron chi connectivity index (χ3n) is 7.35. The third-order valence-corrected chi connectivity index (χ3v) is 7.35. The van der Waals surface area contributed by atoms with Crippen molar-refractivity contribution in [1.29, 1.82) is 0 Å². The zero-order chi connectivity index (χ0) is 24.4. The highest BCUT2D eigenvalue weighted by atomic mass is 19.1. The molecule has 2 heterocycles. The number of aliphatic imine (C=N–C) groups is 1.